The fraction of sp³-hybridized carbons (Fsp3) is 1.00. The van der Waals surface area contributed by atoms with Gasteiger partial charge in [0, 0.05) is 6.61 Å². The Morgan fingerprint density at radius 2 is 2.33 bits per heavy atom. The van der Waals surface area contributed by atoms with Gasteiger partial charge in [-0.3, -0.25) is 0 Å². The highest BCUT2D eigenvalue weighted by Gasteiger charge is 2.13. The van der Waals surface area contributed by atoms with Crippen LogP contribution in [-0.2, 0) is 4.74 Å². The Morgan fingerprint density at radius 1 is 1.42 bits per heavy atom. The molecule has 0 amide bonds. The zero-order valence-corrected chi connectivity index (χ0v) is 8.14. The van der Waals surface area contributed by atoms with Gasteiger partial charge in [0.25, 0.3) is 0 Å². The summed E-state index contributed by atoms with van der Waals surface area (Å²) in [6.07, 6.45) is 7.04. The number of unbranched alkanes of at least 4 members (excludes halogenated alkanes) is 1. The van der Waals surface area contributed by atoms with Crippen LogP contribution in [0.1, 0.15) is 39.0 Å². The fourth-order valence-electron chi connectivity index (χ4n) is 1.67. The molecule has 0 aliphatic carbocycles. The lowest BCUT2D eigenvalue weighted by Gasteiger charge is -2.08. The molecule has 1 saturated heterocycles. The van der Waals surface area contributed by atoms with Gasteiger partial charge in [-0.2, -0.15) is 0 Å². The lowest BCUT2D eigenvalue weighted by atomic mass is 10.1. The van der Waals surface area contributed by atoms with Gasteiger partial charge in [-0.1, -0.05) is 6.92 Å². The Labute approximate surface area is 75.7 Å². The lowest BCUT2D eigenvalue weighted by molar-refractivity contribution is 0.102. The molecule has 1 fully saturated rings. The molecule has 1 rings (SSSR count). The Bertz CT molecular complexity index is 100. The van der Waals surface area contributed by atoms with Crippen LogP contribution in [-0.4, -0.2) is 25.8 Å². The molecular weight excluding hydrogens is 150 g/mol. The second-order valence-corrected chi connectivity index (χ2v) is 3.48. The molecule has 0 spiro atoms. The average molecular weight is 171 g/mol. The van der Waals surface area contributed by atoms with Gasteiger partial charge in [-0.25, -0.2) is 0 Å². The van der Waals surface area contributed by atoms with Gasteiger partial charge in [-0.05, 0) is 45.2 Å². The van der Waals surface area contributed by atoms with Crippen LogP contribution in [0.25, 0.3) is 0 Å². The van der Waals surface area contributed by atoms with Crippen molar-refractivity contribution in [3.05, 3.63) is 0 Å². The molecule has 0 radical (unpaired) electrons. The molecule has 0 saturated carbocycles. The van der Waals surface area contributed by atoms with Crippen LogP contribution >= 0.6 is 0 Å². The first-order valence-corrected chi connectivity index (χ1v) is 5.26. The molecule has 0 aromatic carbocycles. The Hall–Kier alpha value is -0.0800. The third-order valence-corrected chi connectivity index (χ3v) is 2.40. The smallest absolute Gasteiger partial charge is 0.0576 e. The summed E-state index contributed by atoms with van der Waals surface area (Å²) in [4.78, 5) is 0. The van der Waals surface area contributed by atoms with Gasteiger partial charge in [0.05, 0.1) is 6.10 Å². The van der Waals surface area contributed by atoms with Crippen molar-refractivity contribution in [2.45, 2.75) is 45.1 Å². The maximum absolute atomic E-state index is 5.54. The van der Waals surface area contributed by atoms with E-state index in [0.29, 0.717) is 6.10 Å². The zero-order valence-electron chi connectivity index (χ0n) is 8.14. The molecule has 1 aliphatic rings. The zero-order chi connectivity index (χ0) is 8.65. The molecule has 1 heterocycles. The fourth-order valence-corrected chi connectivity index (χ4v) is 1.67. The second-order valence-electron chi connectivity index (χ2n) is 3.48. The SMILES string of the molecule is CCNCCCCC1CCCO1. The van der Waals surface area contributed by atoms with Crippen LogP contribution in [0.5, 0.6) is 0 Å². The molecule has 2 nitrogen and oxygen atoms in total. The number of rotatable bonds is 6. The van der Waals surface area contributed by atoms with Gasteiger partial charge in [0.15, 0.2) is 0 Å². The Kier molecular flexibility index (Phi) is 5.37. The molecule has 1 unspecified atom stereocenters. The van der Waals surface area contributed by atoms with E-state index in [1.165, 1.54) is 38.6 Å². The highest BCUT2D eigenvalue weighted by Crippen LogP contribution is 2.17. The first-order valence-electron chi connectivity index (χ1n) is 5.26. The van der Waals surface area contributed by atoms with E-state index in [4.69, 9.17) is 4.74 Å². The summed E-state index contributed by atoms with van der Waals surface area (Å²) in [5, 5.41) is 3.33. The van der Waals surface area contributed by atoms with Gasteiger partial charge >= 0.3 is 0 Å². The number of hydrogen-bond acceptors (Lipinski definition) is 2. The third kappa shape index (κ3) is 4.07. The summed E-state index contributed by atoms with van der Waals surface area (Å²) in [7, 11) is 0. The summed E-state index contributed by atoms with van der Waals surface area (Å²) in [6, 6.07) is 0. The number of hydrogen-bond donors (Lipinski definition) is 1. The molecule has 2 heteroatoms. The molecule has 0 bridgehead atoms. The van der Waals surface area contributed by atoms with Crippen LogP contribution in [0, 0.1) is 0 Å². The number of ether oxygens (including phenoxy) is 1. The maximum Gasteiger partial charge on any atom is 0.0576 e. The van der Waals surface area contributed by atoms with E-state index in [2.05, 4.69) is 12.2 Å². The van der Waals surface area contributed by atoms with E-state index in [1.54, 1.807) is 0 Å². The van der Waals surface area contributed by atoms with Gasteiger partial charge in [0.1, 0.15) is 0 Å². The van der Waals surface area contributed by atoms with Crippen LogP contribution < -0.4 is 5.32 Å². The van der Waals surface area contributed by atoms with Crippen molar-refractivity contribution >= 4 is 0 Å². The summed E-state index contributed by atoms with van der Waals surface area (Å²) >= 11 is 0. The molecule has 12 heavy (non-hydrogen) atoms. The molecule has 1 atom stereocenters. The van der Waals surface area contributed by atoms with Crippen LogP contribution in [0.2, 0.25) is 0 Å². The van der Waals surface area contributed by atoms with Crippen molar-refractivity contribution in [3.8, 4) is 0 Å². The van der Waals surface area contributed by atoms with E-state index < -0.39 is 0 Å². The monoisotopic (exact) mass is 171 g/mol. The summed E-state index contributed by atoms with van der Waals surface area (Å²) in [5.41, 5.74) is 0. The minimum atomic E-state index is 0.589. The highest BCUT2D eigenvalue weighted by atomic mass is 16.5. The van der Waals surface area contributed by atoms with Crippen molar-refractivity contribution in [1.82, 2.24) is 5.32 Å². The van der Waals surface area contributed by atoms with E-state index in [1.807, 2.05) is 0 Å². The minimum Gasteiger partial charge on any atom is -0.378 e. The third-order valence-electron chi connectivity index (χ3n) is 2.40. The Morgan fingerprint density at radius 3 is 3.00 bits per heavy atom. The van der Waals surface area contributed by atoms with E-state index in [-0.39, 0.29) is 0 Å². The predicted octanol–water partition coefficient (Wildman–Crippen LogP) is 1.95. The molecular formula is C10H21NO. The van der Waals surface area contributed by atoms with Gasteiger partial charge in [0.2, 0.25) is 0 Å². The average Bonchev–Trinajstić information content (AvgIpc) is 2.57. The van der Waals surface area contributed by atoms with Gasteiger partial charge < -0.3 is 10.1 Å². The first kappa shape index (κ1) is 10.0. The first-order chi connectivity index (χ1) is 5.93. The predicted molar refractivity (Wildman–Crippen MR) is 51.4 cm³/mol. The van der Waals surface area contributed by atoms with Crippen LogP contribution in [0.15, 0.2) is 0 Å². The van der Waals surface area contributed by atoms with Crippen molar-refractivity contribution < 1.29 is 4.74 Å². The largest absolute Gasteiger partial charge is 0.378 e. The maximum atomic E-state index is 5.54. The van der Waals surface area contributed by atoms with E-state index in [9.17, 15) is 0 Å². The molecule has 1 N–H and O–H groups in total. The number of nitrogens with one attached hydrogen (secondary N) is 1. The summed E-state index contributed by atoms with van der Waals surface area (Å²) in [6.45, 7) is 5.42. The Balaban J connectivity index is 1.81. The van der Waals surface area contributed by atoms with E-state index in [0.717, 1.165) is 13.2 Å². The van der Waals surface area contributed by atoms with E-state index >= 15 is 0 Å². The molecule has 0 aromatic heterocycles. The van der Waals surface area contributed by atoms with Crippen molar-refractivity contribution in [1.29, 1.82) is 0 Å². The summed E-state index contributed by atoms with van der Waals surface area (Å²) < 4.78 is 5.54. The lowest BCUT2D eigenvalue weighted by Crippen LogP contribution is -2.14. The highest BCUT2D eigenvalue weighted by molar-refractivity contribution is 4.64. The minimum absolute atomic E-state index is 0.589. The topological polar surface area (TPSA) is 21.3 Å². The van der Waals surface area contributed by atoms with Crippen molar-refractivity contribution in [3.63, 3.8) is 0 Å². The van der Waals surface area contributed by atoms with Gasteiger partial charge in [-0.15, -0.1) is 0 Å². The second kappa shape index (κ2) is 6.44. The normalized spacial score (nSPS) is 23.2. The standard InChI is InChI=1S/C10H21NO/c1-2-11-8-4-3-6-10-7-5-9-12-10/h10-11H,2-9H2,1H3. The molecule has 1 aliphatic heterocycles. The quantitative estimate of drug-likeness (QED) is 0.617. The molecule has 72 valence electrons. The van der Waals surface area contributed by atoms with Crippen molar-refractivity contribution in [2.24, 2.45) is 0 Å². The summed E-state index contributed by atoms with van der Waals surface area (Å²) in [5.74, 6) is 0. The van der Waals surface area contributed by atoms with Crippen LogP contribution in [0.4, 0.5) is 0 Å². The van der Waals surface area contributed by atoms with Crippen LogP contribution in [0.3, 0.4) is 0 Å². The molecule has 0 aromatic rings. The van der Waals surface area contributed by atoms with Crippen molar-refractivity contribution in [2.75, 3.05) is 19.7 Å².